The van der Waals surface area contributed by atoms with Crippen molar-refractivity contribution in [2.45, 2.75) is 39.3 Å². The van der Waals surface area contributed by atoms with Crippen molar-refractivity contribution in [3.05, 3.63) is 52.0 Å². The highest BCUT2D eigenvalue weighted by molar-refractivity contribution is 9.10. The Bertz CT molecular complexity index is 856. The van der Waals surface area contributed by atoms with Crippen molar-refractivity contribution < 1.29 is 19.0 Å². The third kappa shape index (κ3) is 9.37. The molecule has 2 N–H and O–H groups in total. The molecule has 31 heavy (non-hydrogen) atoms. The van der Waals surface area contributed by atoms with Crippen LogP contribution in [0.2, 0.25) is 0 Å². The third-order valence-corrected chi connectivity index (χ3v) is 4.74. The van der Waals surface area contributed by atoms with E-state index in [0.717, 1.165) is 40.1 Å². The van der Waals surface area contributed by atoms with Gasteiger partial charge in [0.1, 0.15) is 5.75 Å². The van der Waals surface area contributed by atoms with Gasteiger partial charge in [-0.2, -0.15) is 0 Å². The molecule has 0 saturated carbocycles. The number of halogens is 2. The van der Waals surface area contributed by atoms with Crippen LogP contribution in [0.25, 0.3) is 0 Å². The van der Waals surface area contributed by atoms with E-state index in [4.69, 9.17) is 14.2 Å². The molecule has 6 nitrogen and oxygen atoms in total. The highest BCUT2D eigenvalue weighted by atomic mass is 79.9. The van der Waals surface area contributed by atoms with Gasteiger partial charge in [0.15, 0.2) is 18.1 Å². The van der Waals surface area contributed by atoms with Crippen LogP contribution >= 0.6 is 28.3 Å². The van der Waals surface area contributed by atoms with Crippen molar-refractivity contribution >= 4 is 34.2 Å². The molecule has 0 aromatic heterocycles. The fraction of sp³-hybridized carbons (Fsp3) is 0.435. The molecule has 0 saturated heterocycles. The number of hydrogen-bond acceptors (Lipinski definition) is 5. The topological polar surface area (TPSA) is 68.8 Å². The summed E-state index contributed by atoms with van der Waals surface area (Å²) in [5.74, 6) is 2.01. The van der Waals surface area contributed by atoms with Gasteiger partial charge in [0.25, 0.3) is 5.91 Å². The number of rotatable bonds is 10. The van der Waals surface area contributed by atoms with Crippen LogP contribution in [0.15, 0.2) is 40.9 Å². The summed E-state index contributed by atoms with van der Waals surface area (Å²) in [7, 11) is 3.26. The molecule has 2 rings (SSSR count). The van der Waals surface area contributed by atoms with Crippen molar-refractivity contribution in [1.29, 1.82) is 0 Å². The van der Waals surface area contributed by atoms with E-state index < -0.39 is 0 Å². The molecule has 0 aliphatic carbocycles. The Labute approximate surface area is 199 Å². The predicted molar refractivity (Wildman–Crippen MR) is 130 cm³/mol. The quantitative estimate of drug-likeness (QED) is 0.456. The Morgan fingerprint density at radius 3 is 2.32 bits per heavy atom. The fourth-order valence-corrected chi connectivity index (χ4v) is 3.33. The van der Waals surface area contributed by atoms with E-state index in [1.54, 1.807) is 14.2 Å². The van der Waals surface area contributed by atoms with Crippen LogP contribution in [0.1, 0.15) is 31.9 Å². The summed E-state index contributed by atoms with van der Waals surface area (Å²) in [4.78, 5) is 12.0. The number of nitrogens with one attached hydrogen (secondary N) is 2. The van der Waals surface area contributed by atoms with Gasteiger partial charge in [0.2, 0.25) is 0 Å². The second-order valence-corrected chi connectivity index (χ2v) is 8.87. The van der Waals surface area contributed by atoms with Gasteiger partial charge in [0, 0.05) is 22.1 Å². The third-order valence-electron chi connectivity index (χ3n) is 4.25. The smallest absolute Gasteiger partial charge is 0.258 e. The summed E-state index contributed by atoms with van der Waals surface area (Å²) in [5, 5.41) is 6.34. The van der Waals surface area contributed by atoms with Crippen LogP contribution in [0, 0.1) is 0 Å². The van der Waals surface area contributed by atoms with E-state index in [9.17, 15) is 4.79 Å². The Balaban J connectivity index is 0.00000480. The molecule has 1 amide bonds. The van der Waals surface area contributed by atoms with Crippen LogP contribution in [0.5, 0.6) is 17.2 Å². The van der Waals surface area contributed by atoms with Crippen molar-refractivity contribution in [1.82, 2.24) is 10.6 Å². The second-order valence-electron chi connectivity index (χ2n) is 7.96. The van der Waals surface area contributed by atoms with Gasteiger partial charge in [0.05, 0.1) is 14.2 Å². The van der Waals surface area contributed by atoms with E-state index >= 15 is 0 Å². The molecule has 0 spiro atoms. The minimum atomic E-state index is -0.283. The Morgan fingerprint density at radius 2 is 1.68 bits per heavy atom. The SMILES string of the molecule is COc1ccc(CCNCc2cc(Br)ccc2OCC(=O)NC(C)(C)C)cc1OC.Cl. The maximum atomic E-state index is 12.0. The summed E-state index contributed by atoms with van der Waals surface area (Å²) >= 11 is 3.50. The summed E-state index contributed by atoms with van der Waals surface area (Å²) in [6, 6.07) is 11.7. The van der Waals surface area contributed by atoms with Gasteiger partial charge < -0.3 is 24.8 Å². The number of methoxy groups -OCH3 is 2. The lowest BCUT2D eigenvalue weighted by atomic mass is 10.1. The molecule has 172 valence electrons. The van der Waals surface area contributed by atoms with Crippen LogP contribution in [0.3, 0.4) is 0 Å². The number of benzene rings is 2. The zero-order valence-electron chi connectivity index (χ0n) is 18.7. The van der Waals surface area contributed by atoms with Crippen LogP contribution in [-0.4, -0.2) is 38.8 Å². The molecule has 0 fully saturated rings. The normalized spacial score (nSPS) is 10.8. The van der Waals surface area contributed by atoms with Gasteiger partial charge >= 0.3 is 0 Å². The highest BCUT2D eigenvalue weighted by Gasteiger charge is 2.15. The first kappa shape index (κ1) is 27.1. The number of ether oxygens (including phenoxy) is 3. The largest absolute Gasteiger partial charge is 0.493 e. The molecular formula is C23H32BrClN2O4. The van der Waals surface area contributed by atoms with E-state index in [1.807, 2.05) is 57.2 Å². The van der Waals surface area contributed by atoms with Crippen molar-refractivity contribution in [2.75, 3.05) is 27.4 Å². The maximum absolute atomic E-state index is 12.0. The molecule has 0 aliphatic heterocycles. The average molecular weight is 516 g/mol. The number of amides is 1. The number of hydrogen-bond donors (Lipinski definition) is 2. The zero-order chi connectivity index (χ0) is 22.1. The molecule has 0 aliphatic rings. The minimum absolute atomic E-state index is 0. The molecule has 8 heteroatoms. The Morgan fingerprint density at radius 1 is 1.00 bits per heavy atom. The Kier molecular flexibility index (Phi) is 11.2. The van der Waals surface area contributed by atoms with Gasteiger partial charge in [-0.25, -0.2) is 0 Å². The average Bonchev–Trinajstić information content (AvgIpc) is 2.69. The van der Waals surface area contributed by atoms with Gasteiger partial charge in [-0.15, -0.1) is 12.4 Å². The Hall–Kier alpha value is -1.96. The zero-order valence-corrected chi connectivity index (χ0v) is 21.1. The fourth-order valence-electron chi connectivity index (χ4n) is 2.92. The van der Waals surface area contributed by atoms with E-state index in [-0.39, 0.29) is 30.5 Å². The van der Waals surface area contributed by atoms with Gasteiger partial charge in [-0.05, 0) is 69.6 Å². The molecule has 0 atom stereocenters. The van der Waals surface area contributed by atoms with Crippen molar-refractivity contribution in [3.8, 4) is 17.2 Å². The summed E-state index contributed by atoms with van der Waals surface area (Å²) in [6.45, 7) is 7.22. The maximum Gasteiger partial charge on any atom is 0.258 e. The van der Waals surface area contributed by atoms with Gasteiger partial charge in [-0.3, -0.25) is 4.79 Å². The molecule has 0 bridgehead atoms. The lowest BCUT2D eigenvalue weighted by Gasteiger charge is -2.21. The molecule has 2 aromatic carbocycles. The van der Waals surface area contributed by atoms with E-state index in [1.165, 1.54) is 0 Å². The first-order valence-corrected chi connectivity index (χ1v) is 10.6. The first-order chi connectivity index (χ1) is 14.2. The summed E-state index contributed by atoms with van der Waals surface area (Å²) in [6.07, 6.45) is 0.846. The molecule has 0 heterocycles. The summed E-state index contributed by atoms with van der Waals surface area (Å²) in [5.41, 5.74) is 1.86. The van der Waals surface area contributed by atoms with Crippen molar-refractivity contribution in [3.63, 3.8) is 0 Å². The molecular weight excluding hydrogens is 484 g/mol. The number of carbonyl (C=O) groups is 1. The minimum Gasteiger partial charge on any atom is -0.493 e. The molecule has 2 aromatic rings. The van der Waals surface area contributed by atoms with E-state index in [0.29, 0.717) is 12.3 Å². The lowest BCUT2D eigenvalue weighted by molar-refractivity contribution is -0.124. The first-order valence-electron chi connectivity index (χ1n) is 9.85. The molecule has 0 unspecified atom stereocenters. The standard InChI is InChI=1S/C23H31BrN2O4.ClH/c1-23(2,3)26-22(27)15-30-19-9-7-18(24)13-17(19)14-25-11-10-16-6-8-20(28-4)21(12-16)29-5;/h6-9,12-13,25H,10-11,14-15H2,1-5H3,(H,26,27);1H. The summed E-state index contributed by atoms with van der Waals surface area (Å²) < 4.78 is 17.4. The molecule has 0 radical (unpaired) electrons. The van der Waals surface area contributed by atoms with Crippen LogP contribution in [0.4, 0.5) is 0 Å². The second kappa shape index (κ2) is 12.8. The lowest BCUT2D eigenvalue weighted by Crippen LogP contribution is -2.43. The van der Waals surface area contributed by atoms with Gasteiger partial charge in [-0.1, -0.05) is 22.0 Å². The van der Waals surface area contributed by atoms with E-state index in [2.05, 4.69) is 26.6 Å². The monoisotopic (exact) mass is 514 g/mol. The predicted octanol–water partition coefficient (Wildman–Crippen LogP) is 4.51. The number of carbonyl (C=O) groups excluding carboxylic acids is 1. The highest BCUT2D eigenvalue weighted by Crippen LogP contribution is 2.27. The van der Waals surface area contributed by atoms with Crippen molar-refractivity contribution in [2.24, 2.45) is 0 Å². The van der Waals surface area contributed by atoms with Crippen LogP contribution < -0.4 is 24.8 Å². The van der Waals surface area contributed by atoms with Crippen LogP contribution in [-0.2, 0) is 17.8 Å².